The first-order chi connectivity index (χ1) is 11.1. The minimum Gasteiger partial charge on any atom is -0.345 e. The van der Waals surface area contributed by atoms with E-state index >= 15 is 0 Å². The van der Waals surface area contributed by atoms with Crippen molar-refractivity contribution in [2.24, 2.45) is 18.1 Å². The molecular weight excluding hydrogens is 292 g/mol. The van der Waals surface area contributed by atoms with Crippen LogP contribution in [0.2, 0.25) is 0 Å². The molecule has 2 aliphatic heterocycles. The number of carbonyl (C=O) groups is 2. The maximum atomic E-state index is 12.5. The summed E-state index contributed by atoms with van der Waals surface area (Å²) in [5, 5.41) is 5.27. The number of hydrazone groups is 1. The second-order valence-electron chi connectivity index (χ2n) is 6.55. The smallest absolute Gasteiger partial charge is 0.272 e. The molecule has 1 aliphatic carbocycles. The Morgan fingerprint density at radius 2 is 2.13 bits per heavy atom. The van der Waals surface area contributed by atoms with Crippen molar-refractivity contribution in [2.45, 2.75) is 19.4 Å². The van der Waals surface area contributed by atoms with Crippen molar-refractivity contribution in [3.63, 3.8) is 0 Å². The molecular formula is C17H16N4O2. The Hall–Kier alpha value is -2.63. The molecule has 3 aliphatic rings. The molecule has 2 amide bonds. The van der Waals surface area contributed by atoms with Crippen LogP contribution in [0.25, 0.3) is 10.9 Å². The van der Waals surface area contributed by atoms with Crippen molar-refractivity contribution in [2.75, 3.05) is 6.54 Å². The van der Waals surface area contributed by atoms with Crippen molar-refractivity contribution in [1.82, 2.24) is 14.9 Å². The topological polar surface area (TPSA) is 66.7 Å². The van der Waals surface area contributed by atoms with E-state index in [2.05, 4.69) is 15.1 Å². The summed E-state index contributed by atoms with van der Waals surface area (Å²) < 4.78 is 2.09. The fraction of sp³-hybridized carbons (Fsp3) is 0.353. The molecule has 3 heterocycles. The molecule has 2 aromatic rings. The van der Waals surface area contributed by atoms with Gasteiger partial charge in [0.1, 0.15) is 0 Å². The van der Waals surface area contributed by atoms with Crippen LogP contribution >= 0.6 is 0 Å². The van der Waals surface area contributed by atoms with E-state index in [9.17, 15) is 9.59 Å². The van der Waals surface area contributed by atoms with Gasteiger partial charge in [-0.15, -0.1) is 0 Å². The summed E-state index contributed by atoms with van der Waals surface area (Å²) >= 11 is 0. The molecule has 0 spiro atoms. The average Bonchev–Trinajstić information content (AvgIpc) is 3.38. The Kier molecular flexibility index (Phi) is 2.36. The number of nitrogens with zero attached hydrogens (tertiary/aromatic N) is 3. The summed E-state index contributed by atoms with van der Waals surface area (Å²) in [6.45, 7) is 1.05. The number of aryl methyl sites for hydroxylation is 1. The highest BCUT2D eigenvalue weighted by Gasteiger charge is 2.38. The minimum atomic E-state index is -0.189. The average molecular weight is 308 g/mol. The molecule has 0 unspecified atom stereocenters. The van der Waals surface area contributed by atoms with E-state index < -0.39 is 0 Å². The second kappa shape index (κ2) is 4.22. The molecule has 1 N–H and O–H groups in total. The van der Waals surface area contributed by atoms with Crippen molar-refractivity contribution in [3.05, 3.63) is 35.0 Å². The third kappa shape index (κ3) is 1.66. The van der Waals surface area contributed by atoms with Gasteiger partial charge >= 0.3 is 0 Å². The summed E-state index contributed by atoms with van der Waals surface area (Å²) in [7, 11) is 1.99. The molecule has 1 aromatic heterocycles. The first-order valence-corrected chi connectivity index (χ1v) is 7.91. The predicted molar refractivity (Wildman–Crippen MR) is 85.1 cm³/mol. The lowest BCUT2D eigenvalue weighted by Gasteiger charge is -2.29. The molecule has 0 saturated heterocycles. The number of aromatic nitrogens is 1. The van der Waals surface area contributed by atoms with Crippen molar-refractivity contribution >= 4 is 28.4 Å². The number of nitrogens with one attached hydrogen (secondary N) is 1. The van der Waals surface area contributed by atoms with Crippen LogP contribution in [0.15, 0.2) is 23.3 Å². The Bertz CT molecular complexity index is 920. The summed E-state index contributed by atoms with van der Waals surface area (Å²) in [6.07, 6.45) is 1.98. The van der Waals surface area contributed by atoms with Crippen molar-refractivity contribution in [3.8, 4) is 0 Å². The maximum Gasteiger partial charge on any atom is 0.272 e. The van der Waals surface area contributed by atoms with E-state index in [1.54, 1.807) is 0 Å². The van der Waals surface area contributed by atoms with Crippen LogP contribution in [-0.2, 0) is 18.4 Å². The third-order valence-electron chi connectivity index (χ3n) is 5.09. The zero-order valence-corrected chi connectivity index (χ0v) is 12.8. The minimum absolute atomic E-state index is 0.183. The monoisotopic (exact) mass is 308 g/mol. The lowest BCUT2D eigenvalue weighted by Crippen LogP contribution is -2.41. The van der Waals surface area contributed by atoms with E-state index in [1.807, 2.05) is 30.1 Å². The fourth-order valence-corrected chi connectivity index (χ4v) is 3.74. The van der Waals surface area contributed by atoms with Crippen LogP contribution in [0.1, 0.15) is 34.5 Å². The highest BCUT2D eigenvalue weighted by molar-refractivity contribution is 6.21. The maximum absolute atomic E-state index is 12.5. The molecule has 23 heavy (non-hydrogen) atoms. The van der Waals surface area contributed by atoms with Gasteiger partial charge in [0.2, 0.25) is 5.91 Å². The molecule has 6 heteroatoms. The van der Waals surface area contributed by atoms with Gasteiger partial charge in [-0.1, -0.05) is 6.07 Å². The molecule has 0 bridgehead atoms. The van der Waals surface area contributed by atoms with E-state index in [-0.39, 0.29) is 17.7 Å². The summed E-state index contributed by atoms with van der Waals surface area (Å²) in [4.78, 5) is 26.7. The summed E-state index contributed by atoms with van der Waals surface area (Å²) in [5.74, 6) is 0.202. The Balaban J connectivity index is 1.76. The van der Waals surface area contributed by atoms with Crippen LogP contribution < -0.4 is 5.43 Å². The van der Waals surface area contributed by atoms with Gasteiger partial charge in [0.05, 0.1) is 24.4 Å². The first-order valence-electron chi connectivity index (χ1n) is 7.91. The lowest BCUT2D eigenvalue weighted by atomic mass is 9.98. The number of hydrogen-bond donors (Lipinski definition) is 1. The van der Waals surface area contributed by atoms with Crippen molar-refractivity contribution in [1.29, 1.82) is 0 Å². The second-order valence-corrected chi connectivity index (χ2v) is 6.55. The Morgan fingerprint density at radius 1 is 1.30 bits per heavy atom. The van der Waals surface area contributed by atoms with Gasteiger partial charge in [0.25, 0.3) is 5.91 Å². The first kappa shape index (κ1) is 12.9. The van der Waals surface area contributed by atoms with Crippen molar-refractivity contribution < 1.29 is 9.59 Å². The van der Waals surface area contributed by atoms with Gasteiger partial charge in [0.15, 0.2) is 0 Å². The standard InChI is InChI=1S/C17H16N4O2/c1-20-12-4-2-3-10-14(12)15-11(18-19-16(10)22)7-21(8-13(15)20)17(23)9-5-6-9/h2-4,9H,5-8H2,1H3,(H,19,22). The summed E-state index contributed by atoms with van der Waals surface area (Å²) in [5.41, 5.74) is 7.15. The molecule has 0 radical (unpaired) electrons. The van der Waals surface area contributed by atoms with Gasteiger partial charge in [-0.25, -0.2) is 5.43 Å². The van der Waals surface area contributed by atoms with E-state index in [1.165, 1.54) is 0 Å². The lowest BCUT2D eigenvalue weighted by molar-refractivity contribution is -0.132. The van der Waals surface area contributed by atoms with Crippen LogP contribution in [0, 0.1) is 5.92 Å². The van der Waals surface area contributed by atoms with Crippen LogP contribution in [-0.4, -0.2) is 33.5 Å². The van der Waals surface area contributed by atoms with Gasteiger partial charge < -0.3 is 9.47 Å². The number of rotatable bonds is 1. The van der Waals surface area contributed by atoms with Gasteiger partial charge in [-0.2, -0.15) is 5.10 Å². The zero-order chi connectivity index (χ0) is 15.7. The van der Waals surface area contributed by atoms with Crippen LogP contribution in [0.4, 0.5) is 0 Å². The Labute approximate surface area is 132 Å². The predicted octanol–water partition coefficient (Wildman–Crippen LogP) is 1.38. The van der Waals surface area contributed by atoms with Crippen LogP contribution in [0.3, 0.4) is 0 Å². The van der Waals surface area contributed by atoms with E-state index in [0.717, 1.165) is 40.7 Å². The van der Waals surface area contributed by atoms with E-state index in [4.69, 9.17) is 0 Å². The molecule has 5 rings (SSSR count). The molecule has 6 nitrogen and oxygen atoms in total. The normalized spacial score (nSPS) is 19.4. The SMILES string of the molecule is Cn1c2c3c4c(cccc41)C(=O)NN=C3CN(C(=O)C1CC1)C2. The number of amides is 2. The highest BCUT2D eigenvalue weighted by atomic mass is 16.2. The zero-order valence-electron chi connectivity index (χ0n) is 12.8. The van der Waals surface area contributed by atoms with Gasteiger partial charge in [0, 0.05) is 35.1 Å². The number of carbonyl (C=O) groups excluding carboxylic acids is 2. The molecule has 116 valence electrons. The number of hydrogen-bond acceptors (Lipinski definition) is 3. The van der Waals surface area contributed by atoms with Crippen LogP contribution in [0.5, 0.6) is 0 Å². The van der Waals surface area contributed by atoms with Gasteiger partial charge in [-0.3, -0.25) is 9.59 Å². The Morgan fingerprint density at radius 3 is 2.91 bits per heavy atom. The molecule has 0 atom stereocenters. The number of benzene rings is 1. The summed E-state index contributed by atoms with van der Waals surface area (Å²) in [6, 6.07) is 5.74. The quantitative estimate of drug-likeness (QED) is 0.865. The third-order valence-corrected chi connectivity index (χ3v) is 5.09. The van der Waals surface area contributed by atoms with E-state index in [0.29, 0.717) is 18.7 Å². The highest BCUT2D eigenvalue weighted by Crippen LogP contribution is 2.37. The molecule has 1 saturated carbocycles. The fourth-order valence-electron chi connectivity index (χ4n) is 3.74. The molecule has 1 aromatic carbocycles. The largest absolute Gasteiger partial charge is 0.345 e. The molecule has 1 fully saturated rings. The van der Waals surface area contributed by atoms with Gasteiger partial charge in [-0.05, 0) is 25.0 Å².